The zero-order valence-electron chi connectivity index (χ0n) is 5.77. The number of carbonyl (C=O) groups is 1. The van der Waals surface area contributed by atoms with Gasteiger partial charge >= 0.3 is 12.1 Å². The molecular formula is C6H7F3O2. The van der Waals surface area contributed by atoms with Gasteiger partial charge < -0.3 is 5.11 Å². The Morgan fingerprint density at radius 1 is 1.55 bits per heavy atom. The minimum atomic E-state index is -4.52. The van der Waals surface area contributed by atoms with Crippen LogP contribution in [-0.2, 0) is 4.79 Å². The molecule has 0 unspecified atom stereocenters. The number of carboxylic acids is 1. The molecule has 64 valence electrons. The van der Waals surface area contributed by atoms with Crippen LogP contribution in [0.3, 0.4) is 0 Å². The number of hydrogen-bond acceptors (Lipinski definition) is 1. The first kappa shape index (κ1) is 10.0. The van der Waals surface area contributed by atoms with E-state index in [4.69, 9.17) is 5.11 Å². The largest absolute Gasteiger partial charge is 0.478 e. The van der Waals surface area contributed by atoms with Crippen molar-refractivity contribution >= 4 is 5.97 Å². The van der Waals surface area contributed by atoms with Crippen LogP contribution in [0.25, 0.3) is 0 Å². The van der Waals surface area contributed by atoms with Gasteiger partial charge in [0.05, 0.1) is 0 Å². The second kappa shape index (κ2) is 3.41. The second-order valence-electron chi connectivity index (χ2n) is 1.86. The molecular weight excluding hydrogens is 161 g/mol. The third-order valence-corrected chi connectivity index (χ3v) is 1.04. The summed E-state index contributed by atoms with van der Waals surface area (Å²) in [6.07, 6.45) is -4.66. The normalized spacial score (nSPS) is 13.3. The van der Waals surface area contributed by atoms with Crippen LogP contribution in [0.15, 0.2) is 11.6 Å². The average Bonchev–Trinajstić information content (AvgIpc) is 1.79. The molecule has 0 saturated carbocycles. The number of allylic oxidation sites excluding steroid dienone is 1. The molecule has 0 bridgehead atoms. The van der Waals surface area contributed by atoms with E-state index in [0.29, 0.717) is 0 Å². The van der Waals surface area contributed by atoms with Crippen LogP contribution in [-0.4, -0.2) is 17.3 Å². The first-order valence-electron chi connectivity index (χ1n) is 2.88. The molecule has 5 heteroatoms. The van der Waals surface area contributed by atoms with Gasteiger partial charge in [0, 0.05) is 11.6 Å². The van der Waals surface area contributed by atoms with E-state index < -0.39 is 17.7 Å². The van der Waals surface area contributed by atoms with Crippen LogP contribution in [0.4, 0.5) is 13.2 Å². The Morgan fingerprint density at radius 2 is 2.00 bits per heavy atom. The summed E-state index contributed by atoms with van der Waals surface area (Å²) < 4.78 is 35.2. The second-order valence-corrected chi connectivity index (χ2v) is 1.86. The summed E-state index contributed by atoms with van der Waals surface area (Å²) in [4.78, 5) is 9.84. The van der Waals surface area contributed by atoms with Gasteiger partial charge in [0.15, 0.2) is 0 Å². The summed E-state index contributed by atoms with van der Waals surface area (Å²) in [5.74, 6) is -1.57. The highest BCUT2D eigenvalue weighted by Crippen LogP contribution is 2.27. The zero-order valence-corrected chi connectivity index (χ0v) is 5.77. The first-order valence-corrected chi connectivity index (χ1v) is 2.88. The van der Waals surface area contributed by atoms with E-state index in [1.807, 2.05) is 0 Å². The topological polar surface area (TPSA) is 37.3 Å². The summed E-state index contributed by atoms with van der Waals surface area (Å²) in [6.45, 7) is 1.25. The smallest absolute Gasteiger partial charge is 0.412 e. The first-order chi connectivity index (χ1) is 4.88. The quantitative estimate of drug-likeness (QED) is 0.640. The summed E-state index contributed by atoms with van der Waals surface area (Å²) >= 11 is 0. The lowest BCUT2D eigenvalue weighted by molar-refractivity contribution is -0.132. The molecule has 0 saturated heterocycles. The monoisotopic (exact) mass is 168 g/mol. The summed E-state index contributed by atoms with van der Waals surface area (Å²) in [6, 6.07) is 0. The van der Waals surface area contributed by atoms with Crippen molar-refractivity contribution in [2.45, 2.75) is 19.5 Å². The minimum absolute atomic E-state index is 0.181. The molecule has 0 rings (SSSR count). The molecule has 0 fully saturated rings. The summed E-state index contributed by atoms with van der Waals surface area (Å²) in [7, 11) is 0. The van der Waals surface area contributed by atoms with Crippen molar-refractivity contribution in [2.75, 3.05) is 0 Å². The Balaban J connectivity index is 4.54. The van der Waals surface area contributed by atoms with E-state index in [2.05, 4.69) is 0 Å². The van der Waals surface area contributed by atoms with Crippen molar-refractivity contribution < 1.29 is 23.1 Å². The fraction of sp³-hybridized carbons (Fsp3) is 0.500. The van der Waals surface area contributed by atoms with Gasteiger partial charge in [-0.25, -0.2) is 4.79 Å². The third kappa shape index (κ3) is 3.64. The van der Waals surface area contributed by atoms with Crippen molar-refractivity contribution in [1.82, 2.24) is 0 Å². The maximum atomic E-state index is 11.7. The molecule has 0 radical (unpaired) electrons. The number of aliphatic carboxylic acids is 1. The van der Waals surface area contributed by atoms with Gasteiger partial charge in [-0.1, -0.05) is 6.92 Å². The summed E-state index contributed by atoms with van der Waals surface area (Å²) in [5.41, 5.74) is -1.02. The number of rotatable bonds is 2. The maximum absolute atomic E-state index is 11.7. The number of carboxylic acid groups (broad SMARTS) is 1. The van der Waals surface area contributed by atoms with E-state index in [1.54, 1.807) is 0 Å². The van der Waals surface area contributed by atoms with E-state index in [9.17, 15) is 18.0 Å². The van der Waals surface area contributed by atoms with E-state index >= 15 is 0 Å². The lowest BCUT2D eigenvalue weighted by Gasteiger charge is -2.07. The molecule has 0 heterocycles. The highest BCUT2D eigenvalue weighted by molar-refractivity contribution is 5.80. The highest BCUT2D eigenvalue weighted by Gasteiger charge is 2.32. The van der Waals surface area contributed by atoms with E-state index in [-0.39, 0.29) is 12.5 Å². The van der Waals surface area contributed by atoms with Gasteiger partial charge in [-0.3, -0.25) is 0 Å². The van der Waals surface area contributed by atoms with Gasteiger partial charge in [-0.2, -0.15) is 13.2 Å². The molecule has 2 nitrogen and oxygen atoms in total. The number of alkyl halides is 3. The number of hydrogen-bond donors (Lipinski definition) is 1. The van der Waals surface area contributed by atoms with Crippen LogP contribution in [0.5, 0.6) is 0 Å². The van der Waals surface area contributed by atoms with E-state index in [1.165, 1.54) is 6.92 Å². The lowest BCUT2D eigenvalue weighted by atomic mass is 10.2. The van der Waals surface area contributed by atoms with Crippen molar-refractivity contribution in [2.24, 2.45) is 0 Å². The molecule has 0 aromatic carbocycles. The minimum Gasteiger partial charge on any atom is -0.478 e. The predicted molar refractivity (Wildman–Crippen MR) is 32.1 cm³/mol. The molecule has 0 aromatic rings. The lowest BCUT2D eigenvalue weighted by Crippen LogP contribution is -2.12. The standard InChI is InChI=1S/C6H7F3O2/c1-2-4(3-5(10)11)6(7,8)9/h3H,2H2,1H3,(H,10,11)/b4-3-. The Labute approximate surface area is 61.3 Å². The molecule has 0 atom stereocenters. The molecule has 0 aliphatic heterocycles. The van der Waals surface area contributed by atoms with Crippen molar-refractivity contribution in [3.05, 3.63) is 11.6 Å². The molecule has 0 aromatic heterocycles. The van der Waals surface area contributed by atoms with Crippen LogP contribution >= 0.6 is 0 Å². The number of halogens is 3. The van der Waals surface area contributed by atoms with Gasteiger partial charge in [-0.15, -0.1) is 0 Å². The van der Waals surface area contributed by atoms with Crippen molar-refractivity contribution in [1.29, 1.82) is 0 Å². The Morgan fingerprint density at radius 3 is 2.09 bits per heavy atom. The fourth-order valence-electron chi connectivity index (χ4n) is 0.533. The predicted octanol–water partition coefficient (Wildman–Crippen LogP) is 1.97. The van der Waals surface area contributed by atoms with Crippen molar-refractivity contribution in [3.8, 4) is 0 Å². The highest BCUT2D eigenvalue weighted by atomic mass is 19.4. The van der Waals surface area contributed by atoms with E-state index in [0.717, 1.165) is 0 Å². The van der Waals surface area contributed by atoms with Crippen LogP contribution in [0.2, 0.25) is 0 Å². The maximum Gasteiger partial charge on any atom is 0.412 e. The van der Waals surface area contributed by atoms with Gasteiger partial charge in [-0.05, 0) is 6.42 Å². The molecule has 11 heavy (non-hydrogen) atoms. The van der Waals surface area contributed by atoms with Gasteiger partial charge in [0.25, 0.3) is 0 Å². The molecule has 1 N–H and O–H groups in total. The van der Waals surface area contributed by atoms with Crippen molar-refractivity contribution in [3.63, 3.8) is 0 Å². The van der Waals surface area contributed by atoms with Gasteiger partial charge in [0.2, 0.25) is 0 Å². The van der Waals surface area contributed by atoms with Crippen LogP contribution < -0.4 is 0 Å². The molecule has 0 amide bonds. The fourth-order valence-corrected chi connectivity index (χ4v) is 0.533. The Kier molecular flexibility index (Phi) is 3.10. The average molecular weight is 168 g/mol. The third-order valence-electron chi connectivity index (χ3n) is 1.04. The van der Waals surface area contributed by atoms with Gasteiger partial charge in [0.1, 0.15) is 0 Å². The molecule has 0 aliphatic rings. The zero-order chi connectivity index (χ0) is 9.07. The molecule has 0 aliphatic carbocycles. The summed E-state index contributed by atoms with van der Waals surface area (Å²) in [5, 5.41) is 8.00. The Hall–Kier alpha value is -1.00. The van der Waals surface area contributed by atoms with Crippen LogP contribution in [0.1, 0.15) is 13.3 Å². The van der Waals surface area contributed by atoms with Crippen LogP contribution in [0, 0.1) is 0 Å². The SMILES string of the molecule is CC/C(=C/C(=O)O)C(F)(F)F. The molecule has 0 spiro atoms. The Bertz CT molecular complexity index is 181.